The van der Waals surface area contributed by atoms with E-state index in [1.54, 1.807) is 11.1 Å². The molecule has 0 bridgehead atoms. The normalized spacial score (nSPS) is 11.4. The molecule has 0 fully saturated rings. The van der Waals surface area contributed by atoms with Crippen molar-refractivity contribution in [1.82, 2.24) is 15.2 Å². The van der Waals surface area contributed by atoms with Crippen LogP contribution < -0.4 is 5.32 Å². The fourth-order valence-electron chi connectivity index (χ4n) is 1.70. The summed E-state index contributed by atoms with van der Waals surface area (Å²) in [6, 6.07) is 1.96. The van der Waals surface area contributed by atoms with Gasteiger partial charge in [0.1, 0.15) is 5.60 Å². The molecule has 1 N–H and O–H groups in total. The lowest BCUT2D eigenvalue weighted by Crippen LogP contribution is -2.40. The molecule has 0 aliphatic carbocycles. The Balaban J connectivity index is 2.40. The third-order valence-corrected chi connectivity index (χ3v) is 3.89. The molecule has 0 atom stereocenters. The van der Waals surface area contributed by atoms with Gasteiger partial charge in [-0.2, -0.15) is 0 Å². The molecule has 5 nitrogen and oxygen atoms in total. The van der Waals surface area contributed by atoms with E-state index in [0.717, 1.165) is 14.6 Å². The van der Waals surface area contributed by atoms with E-state index < -0.39 is 5.60 Å². The molecule has 1 heterocycles. The Morgan fingerprint density at radius 2 is 2.09 bits per heavy atom. The quantitative estimate of drug-likeness (QED) is 0.685. The third kappa shape index (κ3) is 7.07. The molecule has 0 saturated heterocycles. The van der Waals surface area contributed by atoms with Gasteiger partial charge in [0.25, 0.3) is 0 Å². The molecule has 0 aliphatic heterocycles. The van der Waals surface area contributed by atoms with Crippen LogP contribution in [0.15, 0.2) is 21.2 Å². The number of likely N-dealkylation sites (N-methyl/N-ethyl adjacent to an activating group) is 1. The van der Waals surface area contributed by atoms with E-state index in [9.17, 15) is 4.79 Å². The first-order valence-electron chi connectivity index (χ1n) is 7.21. The number of hydrogen-bond acceptors (Lipinski definition) is 4. The zero-order valence-electron chi connectivity index (χ0n) is 13.4. The highest BCUT2D eigenvalue weighted by molar-refractivity contribution is 9.11. The maximum atomic E-state index is 12.0. The van der Waals surface area contributed by atoms with Gasteiger partial charge in [0.2, 0.25) is 0 Å². The monoisotopic (exact) mass is 435 g/mol. The molecule has 1 rings (SSSR count). The highest BCUT2D eigenvalue weighted by atomic mass is 79.9. The van der Waals surface area contributed by atoms with E-state index >= 15 is 0 Å². The van der Waals surface area contributed by atoms with Gasteiger partial charge in [0, 0.05) is 41.3 Å². The van der Waals surface area contributed by atoms with Crippen LogP contribution in [0.3, 0.4) is 0 Å². The Labute approximate surface area is 149 Å². The Morgan fingerprint density at radius 1 is 1.41 bits per heavy atom. The summed E-state index contributed by atoms with van der Waals surface area (Å²) in [7, 11) is 0. The van der Waals surface area contributed by atoms with Gasteiger partial charge in [0.05, 0.1) is 5.69 Å². The molecule has 0 aromatic carbocycles. The summed E-state index contributed by atoms with van der Waals surface area (Å²) in [5, 5.41) is 3.29. The Hall–Kier alpha value is -0.660. The summed E-state index contributed by atoms with van der Waals surface area (Å²) in [5.74, 6) is 0. The van der Waals surface area contributed by atoms with Crippen LogP contribution in [0.2, 0.25) is 0 Å². The summed E-state index contributed by atoms with van der Waals surface area (Å²) in [6.45, 7) is 10.1. The van der Waals surface area contributed by atoms with E-state index in [4.69, 9.17) is 4.74 Å². The molecular formula is C15H23Br2N3O2. The van der Waals surface area contributed by atoms with Gasteiger partial charge >= 0.3 is 6.09 Å². The third-order valence-electron chi connectivity index (χ3n) is 2.77. The van der Waals surface area contributed by atoms with Crippen molar-refractivity contribution in [2.75, 3.05) is 19.6 Å². The molecule has 22 heavy (non-hydrogen) atoms. The van der Waals surface area contributed by atoms with Crippen molar-refractivity contribution in [3.05, 3.63) is 26.9 Å². The predicted octanol–water partition coefficient (Wildman–Crippen LogP) is 3.95. The number of halogens is 2. The van der Waals surface area contributed by atoms with Crippen molar-refractivity contribution in [2.45, 2.75) is 39.8 Å². The first-order valence-corrected chi connectivity index (χ1v) is 8.80. The number of amides is 1. The number of carbonyl (C=O) groups excluding carboxylic acids is 1. The number of nitrogens with zero attached hydrogens (tertiary/aromatic N) is 2. The lowest BCUT2D eigenvalue weighted by atomic mass is 10.2. The highest BCUT2D eigenvalue weighted by Gasteiger charge is 2.20. The maximum Gasteiger partial charge on any atom is 0.410 e. The first kappa shape index (κ1) is 19.4. The lowest BCUT2D eigenvalue weighted by Gasteiger charge is -2.26. The Kier molecular flexibility index (Phi) is 7.79. The van der Waals surface area contributed by atoms with Gasteiger partial charge in [-0.05, 0) is 65.6 Å². The zero-order chi connectivity index (χ0) is 16.8. The summed E-state index contributed by atoms with van der Waals surface area (Å²) < 4.78 is 7.26. The van der Waals surface area contributed by atoms with Crippen molar-refractivity contribution >= 4 is 38.0 Å². The molecule has 0 unspecified atom stereocenters. The van der Waals surface area contributed by atoms with Crippen LogP contribution in [-0.4, -0.2) is 41.2 Å². The average Bonchev–Trinajstić information content (AvgIpc) is 2.38. The first-order chi connectivity index (χ1) is 10.2. The molecule has 124 valence electrons. The van der Waals surface area contributed by atoms with Gasteiger partial charge in [-0.15, -0.1) is 0 Å². The van der Waals surface area contributed by atoms with Crippen molar-refractivity contribution in [1.29, 1.82) is 0 Å². The van der Waals surface area contributed by atoms with Crippen LogP contribution in [0.4, 0.5) is 4.79 Å². The predicted molar refractivity (Wildman–Crippen MR) is 94.8 cm³/mol. The van der Waals surface area contributed by atoms with E-state index in [0.29, 0.717) is 26.2 Å². The molecule has 7 heteroatoms. The minimum atomic E-state index is -0.468. The zero-order valence-corrected chi connectivity index (χ0v) is 16.6. The molecule has 1 aromatic heterocycles. The maximum absolute atomic E-state index is 12.0. The fraction of sp³-hybridized carbons (Fsp3) is 0.600. The molecule has 0 spiro atoms. The molecule has 0 aliphatic rings. The SMILES string of the molecule is CCN(CCNCc1ncc(Br)cc1Br)C(=O)OC(C)(C)C. The minimum Gasteiger partial charge on any atom is -0.444 e. The second kappa shape index (κ2) is 8.84. The van der Waals surface area contributed by atoms with Crippen molar-refractivity contribution in [2.24, 2.45) is 0 Å². The summed E-state index contributed by atoms with van der Waals surface area (Å²) in [5.41, 5.74) is 0.466. The Morgan fingerprint density at radius 3 is 2.64 bits per heavy atom. The number of carbonyl (C=O) groups is 1. The van der Waals surface area contributed by atoms with Crippen molar-refractivity contribution < 1.29 is 9.53 Å². The van der Waals surface area contributed by atoms with Crippen molar-refractivity contribution in [3.8, 4) is 0 Å². The van der Waals surface area contributed by atoms with E-state index in [2.05, 4.69) is 42.2 Å². The number of nitrogens with one attached hydrogen (secondary N) is 1. The number of aromatic nitrogens is 1. The summed E-state index contributed by atoms with van der Waals surface area (Å²) in [6.07, 6.45) is 1.49. The number of ether oxygens (including phenoxy) is 1. The van der Waals surface area contributed by atoms with E-state index in [1.807, 2.05) is 33.8 Å². The molecular weight excluding hydrogens is 414 g/mol. The van der Waals surface area contributed by atoms with Crippen LogP contribution in [-0.2, 0) is 11.3 Å². The van der Waals surface area contributed by atoms with Gasteiger partial charge in [-0.3, -0.25) is 4.98 Å². The van der Waals surface area contributed by atoms with Gasteiger partial charge in [-0.25, -0.2) is 4.79 Å². The smallest absolute Gasteiger partial charge is 0.410 e. The average molecular weight is 437 g/mol. The standard InChI is InChI=1S/C15H23Br2N3O2/c1-5-20(14(21)22-15(2,3)4)7-6-18-10-13-12(17)8-11(16)9-19-13/h8-9,18H,5-7,10H2,1-4H3. The second-order valence-electron chi connectivity index (χ2n) is 5.82. The van der Waals surface area contributed by atoms with Gasteiger partial charge in [-0.1, -0.05) is 0 Å². The second-order valence-corrected chi connectivity index (χ2v) is 7.59. The van der Waals surface area contributed by atoms with Gasteiger partial charge < -0.3 is 15.0 Å². The van der Waals surface area contributed by atoms with Crippen LogP contribution in [0, 0.1) is 0 Å². The van der Waals surface area contributed by atoms with E-state index in [-0.39, 0.29) is 6.09 Å². The van der Waals surface area contributed by atoms with Crippen LogP contribution >= 0.6 is 31.9 Å². The highest BCUT2D eigenvalue weighted by Crippen LogP contribution is 2.19. The minimum absolute atomic E-state index is 0.278. The van der Waals surface area contributed by atoms with Crippen molar-refractivity contribution in [3.63, 3.8) is 0 Å². The molecule has 1 aromatic rings. The largest absolute Gasteiger partial charge is 0.444 e. The number of rotatable bonds is 6. The summed E-state index contributed by atoms with van der Waals surface area (Å²) in [4.78, 5) is 18.0. The lowest BCUT2D eigenvalue weighted by molar-refractivity contribution is 0.0262. The van der Waals surface area contributed by atoms with Crippen LogP contribution in [0.1, 0.15) is 33.4 Å². The van der Waals surface area contributed by atoms with Crippen LogP contribution in [0.25, 0.3) is 0 Å². The fourth-order valence-corrected chi connectivity index (χ4v) is 2.83. The van der Waals surface area contributed by atoms with Gasteiger partial charge in [0.15, 0.2) is 0 Å². The molecule has 1 amide bonds. The molecule has 0 saturated carbocycles. The topological polar surface area (TPSA) is 54.5 Å². The number of pyridine rings is 1. The Bertz CT molecular complexity index is 504. The molecule has 0 radical (unpaired) electrons. The van der Waals surface area contributed by atoms with E-state index in [1.165, 1.54) is 0 Å². The summed E-state index contributed by atoms with van der Waals surface area (Å²) >= 11 is 6.86. The number of hydrogen-bond donors (Lipinski definition) is 1. The van der Waals surface area contributed by atoms with Crippen LogP contribution in [0.5, 0.6) is 0 Å².